The lowest BCUT2D eigenvalue weighted by Gasteiger charge is -2.16. The second-order valence-electron chi connectivity index (χ2n) is 3.55. The molecule has 0 amide bonds. The number of hydrogen-bond donors (Lipinski definition) is 1. The van der Waals surface area contributed by atoms with Crippen LogP contribution in [0, 0.1) is 0 Å². The van der Waals surface area contributed by atoms with Crippen LogP contribution in [0.15, 0.2) is 12.4 Å². The van der Waals surface area contributed by atoms with Crippen molar-refractivity contribution in [2.75, 3.05) is 0 Å². The third-order valence-electron chi connectivity index (χ3n) is 2.54. The molecule has 76 valence electrons. The van der Waals surface area contributed by atoms with E-state index >= 15 is 0 Å². The van der Waals surface area contributed by atoms with E-state index in [2.05, 4.69) is 10.1 Å². The molecule has 0 bridgehead atoms. The van der Waals surface area contributed by atoms with E-state index in [0.29, 0.717) is 0 Å². The Morgan fingerprint density at radius 2 is 2.50 bits per heavy atom. The van der Waals surface area contributed by atoms with Crippen molar-refractivity contribution in [1.29, 1.82) is 0 Å². The number of nitrogens with zero attached hydrogens (tertiary/aromatic N) is 3. The molecular weight excluding hydrogens is 178 g/mol. The quantitative estimate of drug-likeness (QED) is 0.768. The van der Waals surface area contributed by atoms with Gasteiger partial charge in [0.05, 0.1) is 6.10 Å². The van der Waals surface area contributed by atoms with Gasteiger partial charge in [-0.25, -0.2) is 9.67 Å². The minimum atomic E-state index is -0.305. The summed E-state index contributed by atoms with van der Waals surface area (Å²) in [5.74, 6) is 0.909. The topological polar surface area (TPSA) is 50.9 Å². The molecule has 14 heavy (non-hydrogen) atoms. The summed E-state index contributed by atoms with van der Waals surface area (Å²) in [5, 5.41) is 13.6. The van der Waals surface area contributed by atoms with Crippen LogP contribution in [0.5, 0.6) is 0 Å². The lowest BCUT2D eigenvalue weighted by molar-refractivity contribution is 0.206. The van der Waals surface area contributed by atoms with E-state index in [-0.39, 0.29) is 6.10 Å². The zero-order valence-corrected chi connectivity index (χ0v) is 8.35. The molecule has 0 fully saturated rings. The van der Waals surface area contributed by atoms with Gasteiger partial charge in [-0.2, -0.15) is 5.10 Å². The van der Waals surface area contributed by atoms with E-state index in [9.17, 15) is 5.11 Å². The minimum absolute atomic E-state index is 0.305. The number of aliphatic hydroxyl groups is 1. The first-order chi connectivity index (χ1) is 6.81. The van der Waals surface area contributed by atoms with E-state index in [1.54, 1.807) is 6.33 Å². The van der Waals surface area contributed by atoms with Gasteiger partial charge >= 0.3 is 0 Å². The summed E-state index contributed by atoms with van der Waals surface area (Å²) in [7, 11) is 0. The Labute approximate surface area is 83.3 Å². The summed E-state index contributed by atoms with van der Waals surface area (Å²) in [6.45, 7) is 2.86. The molecule has 0 spiro atoms. The van der Waals surface area contributed by atoms with Gasteiger partial charge in [0.25, 0.3) is 0 Å². The lowest BCUT2D eigenvalue weighted by Crippen LogP contribution is -2.11. The summed E-state index contributed by atoms with van der Waals surface area (Å²) in [4.78, 5) is 4.22. The van der Waals surface area contributed by atoms with Crippen molar-refractivity contribution in [3.63, 3.8) is 0 Å². The van der Waals surface area contributed by atoms with Crippen LogP contribution in [0.25, 0.3) is 5.57 Å². The third kappa shape index (κ3) is 1.70. The van der Waals surface area contributed by atoms with Gasteiger partial charge in [0.2, 0.25) is 0 Å². The fraction of sp³-hybridized carbons (Fsp3) is 0.600. The van der Waals surface area contributed by atoms with Crippen molar-refractivity contribution in [3.8, 4) is 0 Å². The second-order valence-corrected chi connectivity index (χ2v) is 3.55. The highest BCUT2D eigenvalue weighted by Crippen LogP contribution is 2.25. The average Bonchev–Trinajstić information content (AvgIpc) is 2.65. The van der Waals surface area contributed by atoms with Crippen molar-refractivity contribution in [3.05, 3.63) is 18.2 Å². The molecule has 1 atom stereocenters. The molecule has 0 aliphatic heterocycles. The van der Waals surface area contributed by atoms with Crippen LogP contribution < -0.4 is 0 Å². The Morgan fingerprint density at radius 1 is 1.64 bits per heavy atom. The van der Waals surface area contributed by atoms with Gasteiger partial charge in [-0.1, -0.05) is 0 Å². The molecule has 0 aromatic carbocycles. The molecule has 4 heteroatoms. The maximum absolute atomic E-state index is 9.51. The van der Waals surface area contributed by atoms with Crippen LogP contribution in [0.2, 0.25) is 0 Å². The van der Waals surface area contributed by atoms with Crippen molar-refractivity contribution in [1.82, 2.24) is 14.8 Å². The van der Waals surface area contributed by atoms with Gasteiger partial charge in [-0.05, 0) is 37.8 Å². The molecule has 1 heterocycles. The van der Waals surface area contributed by atoms with E-state index in [0.717, 1.165) is 37.2 Å². The van der Waals surface area contributed by atoms with Crippen molar-refractivity contribution < 1.29 is 5.11 Å². The number of aryl methyl sites for hydroxylation is 1. The van der Waals surface area contributed by atoms with Crippen LogP contribution in [0.3, 0.4) is 0 Å². The van der Waals surface area contributed by atoms with Gasteiger partial charge in [0.1, 0.15) is 6.33 Å². The highest BCUT2D eigenvalue weighted by atomic mass is 16.3. The molecule has 1 aromatic rings. The Balaban J connectivity index is 2.29. The number of aliphatic hydroxyl groups excluding tert-OH is 1. The SMILES string of the molecule is CCn1ncnc1C1=CC(O)CCC1. The second kappa shape index (κ2) is 3.92. The van der Waals surface area contributed by atoms with Gasteiger partial charge in [-0.15, -0.1) is 0 Å². The predicted octanol–water partition coefficient (Wildman–Crippen LogP) is 1.23. The van der Waals surface area contributed by atoms with E-state index < -0.39 is 0 Å². The standard InChI is InChI=1S/C10H15N3O/c1-2-13-10(11-7-12-13)8-4-3-5-9(14)6-8/h6-7,9,14H,2-5H2,1H3. The molecule has 1 aliphatic rings. The lowest BCUT2D eigenvalue weighted by atomic mass is 9.97. The monoisotopic (exact) mass is 193 g/mol. The van der Waals surface area contributed by atoms with Gasteiger partial charge in [0, 0.05) is 6.54 Å². The molecule has 1 aliphatic carbocycles. The third-order valence-corrected chi connectivity index (χ3v) is 2.54. The van der Waals surface area contributed by atoms with Crippen molar-refractivity contribution in [2.45, 2.75) is 38.8 Å². The van der Waals surface area contributed by atoms with Gasteiger partial charge < -0.3 is 5.11 Å². The molecular formula is C10H15N3O. The average molecular weight is 193 g/mol. The van der Waals surface area contributed by atoms with Crippen LogP contribution >= 0.6 is 0 Å². The molecule has 2 rings (SSSR count). The van der Waals surface area contributed by atoms with Gasteiger partial charge in [-0.3, -0.25) is 0 Å². The highest BCUT2D eigenvalue weighted by molar-refractivity contribution is 5.61. The predicted molar refractivity (Wildman–Crippen MR) is 53.5 cm³/mol. The molecule has 0 saturated heterocycles. The number of hydrogen-bond acceptors (Lipinski definition) is 3. The van der Waals surface area contributed by atoms with Crippen LogP contribution in [-0.4, -0.2) is 26.0 Å². The van der Waals surface area contributed by atoms with Crippen LogP contribution in [0.1, 0.15) is 32.0 Å². The van der Waals surface area contributed by atoms with Gasteiger partial charge in [0.15, 0.2) is 5.82 Å². The van der Waals surface area contributed by atoms with E-state index in [4.69, 9.17) is 0 Å². The Bertz CT molecular complexity index is 343. The normalized spacial score (nSPS) is 22.1. The summed E-state index contributed by atoms with van der Waals surface area (Å²) >= 11 is 0. The molecule has 1 aromatic heterocycles. The van der Waals surface area contributed by atoms with Crippen molar-refractivity contribution >= 4 is 5.57 Å². The zero-order valence-electron chi connectivity index (χ0n) is 8.35. The maximum atomic E-state index is 9.51. The fourth-order valence-electron chi connectivity index (χ4n) is 1.83. The highest BCUT2D eigenvalue weighted by Gasteiger charge is 2.15. The number of aromatic nitrogens is 3. The smallest absolute Gasteiger partial charge is 0.153 e. The molecule has 0 radical (unpaired) electrons. The molecule has 0 saturated carbocycles. The largest absolute Gasteiger partial charge is 0.389 e. The Hall–Kier alpha value is -1.16. The first-order valence-electron chi connectivity index (χ1n) is 5.08. The van der Waals surface area contributed by atoms with E-state index in [1.807, 2.05) is 17.7 Å². The molecule has 1 N–H and O–H groups in total. The summed E-state index contributed by atoms with van der Waals surface area (Å²) in [6.07, 6.45) is 6.06. The Morgan fingerprint density at radius 3 is 3.21 bits per heavy atom. The van der Waals surface area contributed by atoms with Crippen molar-refractivity contribution in [2.24, 2.45) is 0 Å². The zero-order chi connectivity index (χ0) is 9.97. The number of rotatable bonds is 2. The minimum Gasteiger partial charge on any atom is -0.389 e. The summed E-state index contributed by atoms with van der Waals surface area (Å²) < 4.78 is 1.86. The molecule has 4 nitrogen and oxygen atoms in total. The van der Waals surface area contributed by atoms with Crippen LogP contribution in [-0.2, 0) is 6.54 Å². The Kier molecular flexibility index (Phi) is 2.63. The molecule has 1 unspecified atom stereocenters. The first kappa shape index (κ1) is 9.40. The van der Waals surface area contributed by atoms with Crippen LogP contribution in [0.4, 0.5) is 0 Å². The fourth-order valence-corrected chi connectivity index (χ4v) is 1.83. The first-order valence-corrected chi connectivity index (χ1v) is 5.08. The maximum Gasteiger partial charge on any atom is 0.153 e. The number of allylic oxidation sites excluding steroid dienone is 1. The summed E-state index contributed by atoms with van der Waals surface area (Å²) in [6, 6.07) is 0. The van der Waals surface area contributed by atoms with E-state index in [1.165, 1.54) is 0 Å². The summed E-state index contributed by atoms with van der Waals surface area (Å²) in [5.41, 5.74) is 1.13.